The van der Waals surface area contributed by atoms with Crippen LogP contribution in [0.4, 0.5) is 5.13 Å². The Bertz CT molecular complexity index is 748. The number of benzene rings is 1. The molecule has 2 aromatic rings. The number of thiazole rings is 1. The predicted octanol–water partition coefficient (Wildman–Crippen LogP) is 3.37. The van der Waals surface area contributed by atoms with Crippen molar-refractivity contribution in [2.75, 3.05) is 5.43 Å². The van der Waals surface area contributed by atoms with Crippen LogP contribution in [-0.2, 0) is 4.79 Å². The topological polar surface area (TPSA) is 71.1 Å². The number of rotatable bonds is 6. The number of nitrogens with zero attached hydrogens (tertiary/aromatic N) is 1. The van der Waals surface area contributed by atoms with Crippen LogP contribution in [0.25, 0.3) is 6.08 Å². The molecule has 118 valence electrons. The lowest BCUT2D eigenvalue weighted by atomic mass is 10.2. The molecule has 0 aliphatic heterocycles. The second-order valence-corrected chi connectivity index (χ2v) is 5.73. The van der Waals surface area contributed by atoms with Gasteiger partial charge in [0, 0.05) is 6.92 Å². The average molecular weight is 327 g/mol. The Hall–Kier alpha value is -2.73. The van der Waals surface area contributed by atoms with Gasteiger partial charge in [-0.25, -0.2) is 4.98 Å². The normalized spacial score (nSPS) is 11.0. The molecule has 0 aliphatic carbocycles. The number of ketones is 1. The first-order chi connectivity index (χ1) is 11.1. The molecule has 0 radical (unpaired) electrons. The third-order valence-corrected chi connectivity index (χ3v) is 3.90. The van der Waals surface area contributed by atoms with Crippen molar-refractivity contribution in [1.29, 1.82) is 0 Å². The minimum Gasteiger partial charge on any atom is -0.288 e. The van der Waals surface area contributed by atoms with Gasteiger partial charge in [-0.05, 0) is 18.6 Å². The Balaban J connectivity index is 1.99. The fourth-order valence-electron chi connectivity index (χ4n) is 1.77. The molecule has 0 atom stereocenters. The molecular weight excluding hydrogens is 310 g/mol. The standard InChI is InChI=1S/C17H17N3O2S/c1-12-16(23-17(18-12)20-19-13(2)21)15(22)11-7-6-10-14-8-4-3-5-9-14/h3-11H,1-2H3,(H,18,20)(H,19,21)/b10-6-,11-7+. The zero-order valence-corrected chi connectivity index (χ0v) is 13.7. The number of carbonyl (C=O) groups excluding carboxylic acids is 2. The van der Waals surface area contributed by atoms with Gasteiger partial charge in [-0.1, -0.05) is 59.9 Å². The maximum atomic E-state index is 12.2. The van der Waals surface area contributed by atoms with Gasteiger partial charge < -0.3 is 0 Å². The van der Waals surface area contributed by atoms with Gasteiger partial charge in [-0.2, -0.15) is 0 Å². The number of carbonyl (C=O) groups is 2. The maximum Gasteiger partial charge on any atom is 0.235 e. The summed E-state index contributed by atoms with van der Waals surface area (Å²) in [7, 11) is 0. The molecule has 1 amide bonds. The highest BCUT2D eigenvalue weighted by atomic mass is 32.1. The number of hydrazine groups is 1. The van der Waals surface area contributed by atoms with Gasteiger partial charge in [0.25, 0.3) is 0 Å². The summed E-state index contributed by atoms with van der Waals surface area (Å²) in [6.45, 7) is 3.15. The van der Waals surface area contributed by atoms with Gasteiger partial charge in [-0.3, -0.25) is 20.4 Å². The summed E-state index contributed by atoms with van der Waals surface area (Å²) in [6.07, 6.45) is 6.95. The van der Waals surface area contributed by atoms with Gasteiger partial charge >= 0.3 is 0 Å². The van der Waals surface area contributed by atoms with E-state index in [1.807, 2.05) is 42.5 Å². The molecule has 0 spiro atoms. The largest absolute Gasteiger partial charge is 0.288 e. The van der Waals surface area contributed by atoms with E-state index in [4.69, 9.17) is 0 Å². The molecule has 0 unspecified atom stereocenters. The van der Waals surface area contributed by atoms with E-state index in [1.54, 1.807) is 13.0 Å². The number of aryl methyl sites for hydroxylation is 1. The van der Waals surface area contributed by atoms with Crippen LogP contribution in [0, 0.1) is 6.92 Å². The fraction of sp³-hybridized carbons (Fsp3) is 0.118. The first-order valence-electron chi connectivity index (χ1n) is 7.00. The Labute approximate surface area is 138 Å². The molecule has 0 saturated carbocycles. The summed E-state index contributed by atoms with van der Waals surface area (Å²) in [5, 5.41) is 0.481. The Morgan fingerprint density at radius 3 is 2.61 bits per heavy atom. The summed E-state index contributed by atoms with van der Waals surface area (Å²) in [5.41, 5.74) is 6.80. The minimum atomic E-state index is -0.225. The highest BCUT2D eigenvalue weighted by Gasteiger charge is 2.12. The van der Waals surface area contributed by atoms with E-state index < -0.39 is 0 Å². The van der Waals surface area contributed by atoms with Crippen molar-refractivity contribution in [1.82, 2.24) is 10.4 Å². The highest BCUT2D eigenvalue weighted by molar-refractivity contribution is 7.17. The van der Waals surface area contributed by atoms with Crippen LogP contribution in [-0.4, -0.2) is 16.7 Å². The first kappa shape index (κ1) is 16.6. The van der Waals surface area contributed by atoms with Gasteiger partial charge in [0.2, 0.25) is 11.0 Å². The molecular formula is C17H17N3O2S. The number of hydrogen-bond donors (Lipinski definition) is 2. The second-order valence-electron chi connectivity index (χ2n) is 4.73. The van der Waals surface area contributed by atoms with Crippen molar-refractivity contribution >= 4 is 34.2 Å². The summed E-state index contributed by atoms with van der Waals surface area (Å²) in [6, 6.07) is 9.84. The third kappa shape index (κ3) is 5.19. The third-order valence-electron chi connectivity index (χ3n) is 2.81. The van der Waals surface area contributed by atoms with Gasteiger partial charge in [-0.15, -0.1) is 0 Å². The zero-order chi connectivity index (χ0) is 16.7. The van der Waals surface area contributed by atoms with Crippen LogP contribution in [0.2, 0.25) is 0 Å². The monoisotopic (exact) mass is 327 g/mol. The quantitative estimate of drug-likeness (QED) is 0.369. The van der Waals surface area contributed by atoms with Gasteiger partial charge in [0.05, 0.1) is 10.6 Å². The van der Waals surface area contributed by atoms with Crippen molar-refractivity contribution in [2.45, 2.75) is 13.8 Å². The van der Waals surface area contributed by atoms with E-state index in [2.05, 4.69) is 15.8 Å². The SMILES string of the molecule is CC(=O)NNc1nc(C)c(C(=O)/C=C/C=C\c2ccccc2)s1. The lowest BCUT2D eigenvalue weighted by molar-refractivity contribution is -0.118. The van der Waals surface area contributed by atoms with Crippen molar-refractivity contribution in [3.05, 3.63) is 64.7 Å². The number of hydrogen-bond acceptors (Lipinski definition) is 5. The minimum absolute atomic E-state index is 0.117. The summed E-state index contributed by atoms with van der Waals surface area (Å²) >= 11 is 1.20. The van der Waals surface area contributed by atoms with Crippen LogP contribution in [0.5, 0.6) is 0 Å². The van der Waals surface area contributed by atoms with E-state index in [1.165, 1.54) is 24.3 Å². The highest BCUT2D eigenvalue weighted by Crippen LogP contribution is 2.22. The summed E-state index contributed by atoms with van der Waals surface area (Å²) in [5.74, 6) is -0.342. The smallest absolute Gasteiger partial charge is 0.235 e. The van der Waals surface area contributed by atoms with Crippen LogP contribution >= 0.6 is 11.3 Å². The van der Waals surface area contributed by atoms with E-state index in [0.29, 0.717) is 15.7 Å². The van der Waals surface area contributed by atoms with Crippen molar-refractivity contribution < 1.29 is 9.59 Å². The number of aromatic nitrogens is 1. The maximum absolute atomic E-state index is 12.2. The number of amides is 1. The van der Waals surface area contributed by atoms with Crippen LogP contribution in [0.1, 0.15) is 27.9 Å². The molecule has 0 bridgehead atoms. The lowest BCUT2D eigenvalue weighted by Crippen LogP contribution is -2.26. The van der Waals surface area contributed by atoms with Crippen molar-refractivity contribution in [3.8, 4) is 0 Å². The van der Waals surface area contributed by atoms with Gasteiger partial charge in [0.15, 0.2) is 5.78 Å². The molecule has 0 fully saturated rings. The Morgan fingerprint density at radius 2 is 1.91 bits per heavy atom. The number of anilines is 1. The lowest BCUT2D eigenvalue weighted by Gasteiger charge is -1.99. The van der Waals surface area contributed by atoms with Crippen molar-refractivity contribution in [3.63, 3.8) is 0 Å². The molecule has 0 saturated heterocycles. The summed E-state index contributed by atoms with van der Waals surface area (Å²) in [4.78, 5) is 27.8. The van der Waals surface area contributed by atoms with E-state index >= 15 is 0 Å². The molecule has 2 rings (SSSR count). The molecule has 1 heterocycles. The number of allylic oxidation sites excluding steroid dienone is 3. The molecule has 1 aromatic carbocycles. The molecule has 2 N–H and O–H groups in total. The Kier molecular flexibility index (Phi) is 5.82. The number of nitrogens with one attached hydrogen (secondary N) is 2. The average Bonchev–Trinajstić information content (AvgIpc) is 2.91. The Morgan fingerprint density at radius 1 is 1.17 bits per heavy atom. The van der Waals surface area contributed by atoms with E-state index in [-0.39, 0.29) is 11.7 Å². The van der Waals surface area contributed by atoms with Crippen LogP contribution < -0.4 is 10.9 Å². The molecule has 0 aliphatic rings. The van der Waals surface area contributed by atoms with Crippen LogP contribution in [0.3, 0.4) is 0 Å². The predicted molar refractivity (Wildman–Crippen MR) is 93.2 cm³/mol. The molecule has 6 heteroatoms. The van der Waals surface area contributed by atoms with E-state index in [0.717, 1.165) is 5.56 Å². The fourth-order valence-corrected chi connectivity index (χ4v) is 2.61. The van der Waals surface area contributed by atoms with E-state index in [9.17, 15) is 9.59 Å². The van der Waals surface area contributed by atoms with Crippen molar-refractivity contribution in [2.24, 2.45) is 0 Å². The van der Waals surface area contributed by atoms with Crippen LogP contribution in [0.15, 0.2) is 48.6 Å². The summed E-state index contributed by atoms with van der Waals surface area (Å²) < 4.78 is 0. The molecule has 23 heavy (non-hydrogen) atoms. The molecule has 1 aromatic heterocycles. The first-order valence-corrected chi connectivity index (χ1v) is 7.82. The second kappa shape index (κ2) is 8.05. The van der Waals surface area contributed by atoms with Gasteiger partial charge in [0.1, 0.15) is 0 Å². The zero-order valence-electron chi connectivity index (χ0n) is 12.9. The molecule has 5 nitrogen and oxygen atoms in total.